The molecule has 4 N–H and O–H groups in total. The predicted octanol–water partition coefficient (Wildman–Crippen LogP) is -0.0516. The van der Waals surface area contributed by atoms with Crippen molar-refractivity contribution in [3.63, 3.8) is 0 Å². The summed E-state index contributed by atoms with van der Waals surface area (Å²) in [6, 6.07) is 0.384. The molecule has 0 spiro atoms. The van der Waals surface area contributed by atoms with Crippen LogP contribution in [-0.2, 0) is 4.79 Å². The Kier molecular flexibility index (Phi) is 3.87. The fraction of sp³-hybridized carbons (Fsp3) is 0.600. The Morgan fingerprint density at radius 3 is 2.94 bits per heavy atom. The molecule has 6 nitrogen and oxygen atoms in total. The third kappa shape index (κ3) is 2.82. The van der Waals surface area contributed by atoms with Crippen molar-refractivity contribution in [2.24, 2.45) is 5.73 Å². The average Bonchev–Trinajstić information content (AvgIpc) is 2.63. The Hall–Kier alpha value is -1.54. The minimum Gasteiger partial charge on any atom is -0.323 e. The summed E-state index contributed by atoms with van der Waals surface area (Å²) in [6.07, 6.45) is -1.55. The number of rotatable bonds is 5. The molecule has 1 amide bonds. The standard InChI is InChI=1S/C10H15F2N5O/c11-10(12)7(13)3-9(18)16-8-1-2-15-17(8)6-4-14-5-6/h1-2,6-7,10,14H,3-5,13H2,(H,16,18). The van der Waals surface area contributed by atoms with Crippen molar-refractivity contribution in [2.75, 3.05) is 18.4 Å². The van der Waals surface area contributed by atoms with Gasteiger partial charge in [0.1, 0.15) is 5.82 Å². The first-order valence-corrected chi connectivity index (χ1v) is 5.65. The van der Waals surface area contributed by atoms with Crippen LogP contribution in [0, 0.1) is 0 Å². The first-order chi connectivity index (χ1) is 8.58. The number of carbonyl (C=O) groups is 1. The van der Waals surface area contributed by atoms with E-state index in [9.17, 15) is 13.6 Å². The molecule has 1 aromatic rings. The van der Waals surface area contributed by atoms with E-state index in [1.165, 1.54) is 0 Å². The Labute approximate surface area is 103 Å². The lowest BCUT2D eigenvalue weighted by Crippen LogP contribution is -2.44. The molecule has 0 radical (unpaired) electrons. The lowest BCUT2D eigenvalue weighted by Gasteiger charge is -2.28. The molecule has 1 saturated heterocycles. The highest BCUT2D eigenvalue weighted by Gasteiger charge is 2.23. The third-order valence-electron chi connectivity index (χ3n) is 2.79. The number of nitrogens with zero attached hydrogens (tertiary/aromatic N) is 2. The molecule has 1 aliphatic heterocycles. The molecule has 1 aromatic heterocycles. The lowest BCUT2D eigenvalue weighted by molar-refractivity contribution is -0.117. The van der Waals surface area contributed by atoms with Gasteiger partial charge in [0.25, 0.3) is 6.43 Å². The van der Waals surface area contributed by atoms with E-state index in [1.54, 1.807) is 16.9 Å². The second-order valence-corrected chi connectivity index (χ2v) is 4.22. The maximum absolute atomic E-state index is 12.2. The smallest absolute Gasteiger partial charge is 0.253 e. The summed E-state index contributed by atoms with van der Waals surface area (Å²) in [5.74, 6) is -0.0233. The molecule has 1 fully saturated rings. The van der Waals surface area contributed by atoms with Crippen LogP contribution in [0.25, 0.3) is 0 Å². The summed E-state index contributed by atoms with van der Waals surface area (Å²) in [5, 5.41) is 9.72. The minimum absolute atomic E-state index is 0.194. The summed E-state index contributed by atoms with van der Waals surface area (Å²) in [7, 11) is 0. The molecule has 2 heterocycles. The SMILES string of the molecule is NC(CC(=O)Nc1ccnn1C1CNC1)C(F)F. The molecule has 8 heteroatoms. The van der Waals surface area contributed by atoms with Crippen LogP contribution in [0.5, 0.6) is 0 Å². The van der Waals surface area contributed by atoms with Gasteiger partial charge in [0.05, 0.1) is 18.3 Å². The van der Waals surface area contributed by atoms with Crippen LogP contribution in [0.1, 0.15) is 12.5 Å². The number of nitrogens with two attached hydrogens (primary N) is 1. The number of hydrogen-bond donors (Lipinski definition) is 3. The van der Waals surface area contributed by atoms with Crippen molar-refractivity contribution in [1.29, 1.82) is 0 Å². The zero-order valence-corrected chi connectivity index (χ0v) is 9.64. The van der Waals surface area contributed by atoms with E-state index in [-0.39, 0.29) is 6.04 Å². The number of aromatic nitrogens is 2. The molecule has 100 valence electrons. The van der Waals surface area contributed by atoms with Gasteiger partial charge in [-0.1, -0.05) is 0 Å². The van der Waals surface area contributed by atoms with Crippen LogP contribution in [0.15, 0.2) is 12.3 Å². The second kappa shape index (κ2) is 5.40. The van der Waals surface area contributed by atoms with Gasteiger partial charge in [-0.05, 0) is 0 Å². The van der Waals surface area contributed by atoms with Gasteiger partial charge in [-0.3, -0.25) is 4.79 Å². The quantitative estimate of drug-likeness (QED) is 0.692. The zero-order valence-electron chi connectivity index (χ0n) is 9.64. The molecule has 0 bridgehead atoms. The molecule has 1 unspecified atom stereocenters. The van der Waals surface area contributed by atoms with Crippen molar-refractivity contribution in [3.05, 3.63) is 12.3 Å². The van der Waals surface area contributed by atoms with E-state index < -0.39 is 24.8 Å². The Bertz CT molecular complexity index is 418. The fourth-order valence-electron chi connectivity index (χ4n) is 1.65. The third-order valence-corrected chi connectivity index (χ3v) is 2.79. The summed E-state index contributed by atoms with van der Waals surface area (Å²) in [4.78, 5) is 11.5. The topological polar surface area (TPSA) is 85.0 Å². The molecular weight excluding hydrogens is 244 g/mol. The van der Waals surface area contributed by atoms with Crippen molar-refractivity contribution in [3.8, 4) is 0 Å². The van der Waals surface area contributed by atoms with Crippen molar-refractivity contribution >= 4 is 11.7 Å². The lowest BCUT2D eigenvalue weighted by atomic mass is 10.2. The number of nitrogens with one attached hydrogen (secondary N) is 2. The summed E-state index contributed by atoms with van der Waals surface area (Å²) < 4.78 is 26.1. The van der Waals surface area contributed by atoms with E-state index in [0.717, 1.165) is 13.1 Å². The summed E-state index contributed by atoms with van der Waals surface area (Å²) in [6.45, 7) is 1.56. The maximum Gasteiger partial charge on any atom is 0.253 e. The van der Waals surface area contributed by atoms with E-state index >= 15 is 0 Å². The van der Waals surface area contributed by atoms with Crippen molar-refractivity contribution in [2.45, 2.75) is 24.9 Å². The van der Waals surface area contributed by atoms with E-state index in [4.69, 9.17) is 5.73 Å². The van der Waals surface area contributed by atoms with Gasteiger partial charge in [-0.25, -0.2) is 13.5 Å². The minimum atomic E-state index is -2.70. The molecule has 1 aliphatic rings. The van der Waals surface area contributed by atoms with Crippen LogP contribution in [0.4, 0.5) is 14.6 Å². The predicted molar refractivity (Wildman–Crippen MR) is 61.4 cm³/mol. The largest absolute Gasteiger partial charge is 0.323 e. The van der Waals surface area contributed by atoms with Gasteiger partial charge in [0, 0.05) is 25.6 Å². The zero-order chi connectivity index (χ0) is 13.1. The van der Waals surface area contributed by atoms with Gasteiger partial charge < -0.3 is 16.4 Å². The van der Waals surface area contributed by atoms with Crippen LogP contribution >= 0.6 is 0 Å². The highest BCUT2D eigenvalue weighted by molar-refractivity contribution is 5.90. The highest BCUT2D eigenvalue weighted by Crippen LogP contribution is 2.17. The maximum atomic E-state index is 12.2. The molecule has 1 atom stereocenters. The van der Waals surface area contributed by atoms with Gasteiger partial charge in [0.15, 0.2) is 0 Å². The Balaban J connectivity index is 1.92. The van der Waals surface area contributed by atoms with E-state index in [2.05, 4.69) is 15.7 Å². The van der Waals surface area contributed by atoms with Crippen LogP contribution < -0.4 is 16.4 Å². The molecule has 0 aromatic carbocycles. The average molecular weight is 259 g/mol. The van der Waals surface area contributed by atoms with Gasteiger partial charge in [-0.15, -0.1) is 0 Å². The number of hydrogen-bond acceptors (Lipinski definition) is 4. The fourth-order valence-corrected chi connectivity index (χ4v) is 1.65. The number of carbonyl (C=O) groups excluding carboxylic acids is 1. The van der Waals surface area contributed by atoms with Crippen LogP contribution in [-0.4, -0.2) is 41.2 Å². The number of amides is 1. The summed E-state index contributed by atoms with van der Waals surface area (Å²) >= 11 is 0. The Morgan fingerprint density at radius 1 is 1.67 bits per heavy atom. The number of halogens is 2. The summed E-state index contributed by atoms with van der Waals surface area (Å²) in [5.41, 5.74) is 5.14. The number of alkyl halides is 2. The van der Waals surface area contributed by atoms with Crippen molar-refractivity contribution < 1.29 is 13.6 Å². The molecular formula is C10H15F2N5O. The highest BCUT2D eigenvalue weighted by atomic mass is 19.3. The first kappa shape index (κ1) is 12.9. The first-order valence-electron chi connectivity index (χ1n) is 5.65. The van der Waals surface area contributed by atoms with Gasteiger partial charge in [0.2, 0.25) is 5.91 Å². The van der Waals surface area contributed by atoms with Gasteiger partial charge in [-0.2, -0.15) is 5.10 Å². The van der Waals surface area contributed by atoms with Crippen LogP contribution in [0.2, 0.25) is 0 Å². The monoisotopic (exact) mass is 259 g/mol. The second-order valence-electron chi connectivity index (χ2n) is 4.22. The van der Waals surface area contributed by atoms with E-state index in [1.807, 2.05) is 0 Å². The molecule has 0 aliphatic carbocycles. The van der Waals surface area contributed by atoms with E-state index in [0.29, 0.717) is 5.82 Å². The molecule has 2 rings (SSSR count). The Morgan fingerprint density at radius 2 is 2.39 bits per heavy atom. The molecule has 0 saturated carbocycles. The van der Waals surface area contributed by atoms with Gasteiger partial charge >= 0.3 is 0 Å². The number of anilines is 1. The molecule has 18 heavy (non-hydrogen) atoms. The van der Waals surface area contributed by atoms with Crippen LogP contribution in [0.3, 0.4) is 0 Å². The van der Waals surface area contributed by atoms with Crippen molar-refractivity contribution in [1.82, 2.24) is 15.1 Å². The normalized spacial score (nSPS) is 17.6.